The van der Waals surface area contributed by atoms with Crippen molar-refractivity contribution in [2.45, 2.75) is 45.7 Å². The summed E-state index contributed by atoms with van der Waals surface area (Å²) in [5.74, 6) is 6.61. The number of rotatable bonds is 7. The first-order valence-corrected chi connectivity index (χ1v) is 6.41. The van der Waals surface area contributed by atoms with E-state index < -0.39 is 12.6 Å². The van der Waals surface area contributed by atoms with E-state index in [1.165, 1.54) is 0 Å². The van der Waals surface area contributed by atoms with E-state index in [9.17, 15) is 13.2 Å². The standard InChI is InChI=1S/C12H19F3N4O/c1-3-5-9-17-10(19-16)8(2)11(18-9)20-7-4-6-12(13,14)15/h3-7,16H2,1-2H3,(H,17,18,19). The van der Waals surface area contributed by atoms with E-state index in [-0.39, 0.29) is 18.9 Å². The normalized spacial score (nSPS) is 11.5. The number of nitrogen functional groups attached to an aromatic ring is 1. The van der Waals surface area contributed by atoms with Gasteiger partial charge in [0.1, 0.15) is 11.6 Å². The molecule has 0 amide bonds. The Bertz CT molecular complexity index is 437. The Hall–Kier alpha value is -1.57. The number of hydrogen-bond donors (Lipinski definition) is 2. The summed E-state index contributed by atoms with van der Waals surface area (Å²) < 4.78 is 41.4. The smallest absolute Gasteiger partial charge is 0.389 e. The molecule has 1 aromatic rings. The quantitative estimate of drug-likeness (QED) is 0.459. The Morgan fingerprint density at radius 1 is 1.30 bits per heavy atom. The molecule has 0 aliphatic heterocycles. The molecule has 114 valence electrons. The molecule has 0 saturated carbocycles. The van der Waals surface area contributed by atoms with Crippen molar-refractivity contribution in [3.63, 3.8) is 0 Å². The fourth-order valence-electron chi connectivity index (χ4n) is 1.60. The lowest BCUT2D eigenvalue weighted by Gasteiger charge is -2.13. The van der Waals surface area contributed by atoms with Gasteiger partial charge in [-0.25, -0.2) is 10.8 Å². The number of halogens is 3. The van der Waals surface area contributed by atoms with Gasteiger partial charge in [0.25, 0.3) is 0 Å². The second-order valence-corrected chi connectivity index (χ2v) is 4.38. The fraction of sp³-hybridized carbons (Fsp3) is 0.667. The average Bonchev–Trinajstić information content (AvgIpc) is 2.36. The first-order valence-electron chi connectivity index (χ1n) is 6.41. The van der Waals surface area contributed by atoms with Gasteiger partial charge in [0.05, 0.1) is 12.2 Å². The number of alkyl halides is 3. The van der Waals surface area contributed by atoms with Crippen molar-refractivity contribution in [1.82, 2.24) is 9.97 Å². The van der Waals surface area contributed by atoms with Crippen LogP contribution in [0.2, 0.25) is 0 Å². The molecular weight excluding hydrogens is 273 g/mol. The van der Waals surface area contributed by atoms with Gasteiger partial charge in [0.2, 0.25) is 5.88 Å². The number of hydrogen-bond acceptors (Lipinski definition) is 5. The molecule has 0 aromatic carbocycles. The van der Waals surface area contributed by atoms with Gasteiger partial charge < -0.3 is 10.2 Å². The van der Waals surface area contributed by atoms with Crippen LogP contribution in [-0.4, -0.2) is 22.8 Å². The third-order valence-corrected chi connectivity index (χ3v) is 2.60. The van der Waals surface area contributed by atoms with Crippen molar-refractivity contribution in [3.05, 3.63) is 11.4 Å². The van der Waals surface area contributed by atoms with E-state index in [2.05, 4.69) is 15.4 Å². The van der Waals surface area contributed by atoms with Crippen molar-refractivity contribution >= 4 is 5.82 Å². The lowest BCUT2D eigenvalue weighted by molar-refractivity contribution is -0.136. The summed E-state index contributed by atoms with van der Waals surface area (Å²) in [6, 6.07) is 0. The number of nitrogens with two attached hydrogens (primary N) is 1. The maximum Gasteiger partial charge on any atom is 0.389 e. The van der Waals surface area contributed by atoms with Crippen LogP contribution >= 0.6 is 0 Å². The highest BCUT2D eigenvalue weighted by Crippen LogP contribution is 2.24. The van der Waals surface area contributed by atoms with Gasteiger partial charge in [-0.1, -0.05) is 6.92 Å². The second kappa shape index (κ2) is 7.28. The van der Waals surface area contributed by atoms with Crippen molar-refractivity contribution in [1.29, 1.82) is 0 Å². The van der Waals surface area contributed by atoms with E-state index in [0.717, 1.165) is 6.42 Å². The number of nitrogens with zero attached hydrogens (tertiary/aromatic N) is 2. The summed E-state index contributed by atoms with van der Waals surface area (Å²) in [6.07, 6.45) is -3.65. The largest absolute Gasteiger partial charge is 0.477 e. The highest BCUT2D eigenvalue weighted by atomic mass is 19.4. The Labute approximate surface area is 115 Å². The zero-order valence-electron chi connectivity index (χ0n) is 11.5. The van der Waals surface area contributed by atoms with Crippen molar-refractivity contribution in [2.75, 3.05) is 12.0 Å². The SMILES string of the molecule is CCCc1nc(NN)c(C)c(OCCCC(F)(F)F)n1. The summed E-state index contributed by atoms with van der Waals surface area (Å²) >= 11 is 0. The first-order chi connectivity index (χ1) is 9.37. The minimum atomic E-state index is -4.17. The molecule has 0 bridgehead atoms. The van der Waals surface area contributed by atoms with Crippen LogP contribution in [-0.2, 0) is 6.42 Å². The Balaban J connectivity index is 2.70. The minimum Gasteiger partial charge on any atom is -0.477 e. The molecule has 5 nitrogen and oxygen atoms in total. The summed E-state index contributed by atoms with van der Waals surface area (Å²) in [7, 11) is 0. The predicted molar refractivity (Wildman–Crippen MR) is 69.4 cm³/mol. The van der Waals surface area contributed by atoms with Crippen molar-refractivity contribution < 1.29 is 17.9 Å². The van der Waals surface area contributed by atoms with Crippen molar-refractivity contribution in [3.8, 4) is 5.88 Å². The molecular formula is C12H19F3N4O. The van der Waals surface area contributed by atoms with Gasteiger partial charge in [-0.3, -0.25) is 0 Å². The van der Waals surface area contributed by atoms with E-state index >= 15 is 0 Å². The van der Waals surface area contributed by atoms with Crippen LogP contribution in [0.25, 0.3) is 0 Å². The molecule has 0 unspecified atom stereocenters. The Kier molecular flexibility index (Phi) is 6.00. The topological polar surface area (TPSA) is 73.1 Å². The van der Waals surface area contributed by atoms with Gasteiger partial charge in [0, 0.05) is 12.8 Å². The molecule has 1 rings (SSSR count). The van der Waals surface area contributed by atoms with Crippen LogP contribution in [0.5, 0.6) is 5.88 Å². The molecule has 1 heterocycles. The molecule has 0 spiro atoms. The Morgan fingerprint density at radius 2 is 2.00 bits per heavy atom. The van der Waals surface area contributed by atoms with Gasteiger partial charge in [-0.05, 0) is 19.8 Å². The molecule has 0 aliphatic rings. The lowest BCUT2D eigenvalue weighted by atomic mass is 10.3. The summed E-state index contributed by atoms with van der Waals surface area (Å²) in [5.41, 5.74) is 3.02. The summed E-state index contributed by atoms with van der Waals surface area (Å²) in [4.78, 5) is 8.40. The molecule has 3 N–H and O–H groups in total. The number of anilines is 1. The van der Waals surface area contributed by atoms with Crippen LogP contribution in [0.4, 0.5) is 19.0 Å². The zero-order chi connectivity index (χ0) is 15.2. The minimum absolute atomic E-state index is 0.0487. The molecule has 0 saturated heterocycles. The molecule has 0 aliphatic carbocycles. The number of aromatic nitrogens is 2. The summed E-state index contributed by atoms with van der Waals surface area (Å²) in [5, 5.41) is 0. The number of hydrazine groups is 1. The first kappa shape index (κ1) is 16.5. The van der Waals surface area contributed by atoms with Gasteiger partial charge in [0.15, 0.2) is 0 Å². The second-order valence-electron chi connectivity index (χ2n) is 4.38. The fourth-order valence-corrected chi connectivity index (χ4v) is 1.60. The van der Waals surface area contributed by atoms with Gasteiger partial charge in [-0.2, -0.15) is 18.2 Å². The highest BCUT2D eigenvalue weighted by molar-refractivity contribution is 5.47. The number of nitrogens with one attached hydrogen (secondary N) is 1. The molecule has 1 aromatic heterocycles. The molecule has 0 radical (unpaired) electrons. The monoisotopic (exact) mass is 292 g/mol. The third-order valence-electron chi connectivity index (χ3n) is 2.60. The van der Waals surface area contributed by atoms with Crippen molar-refractivity contribution in [2.24, 2.45) is 5.84 Å². The molecule has 0 fully saturated rings. The predicted octanol–water partition coefficient (Wildman–Crippen LogP) is 2.74. The van der Waals surface area contributed by atoms with Crippen LogP contribution < -0.4 is 16.0 Å². The zero-order valence-corrected chi connectivity index (χ0v) is 11.5. The van der Waals surface area contributed by atoms with Crippen LogP contribution in [0, 0.1) is 6.92 Å². The van der Waals surface area contributed by atoms with E-state index in [0.29, 0.717) is 23.6 Å². The lowest BCUT2D eigenvalue weighted by Crippen LogP contribution is -2.15. The van der Waals surface area contributed by atoms with Gasteiger partial charge >= 0.3 is 6.18 Å². The van der Waals surface area contributed by atoms with Crippen LogP contribution in [0.3, 0.4) is 0 Å². The highest BCUT2D eigenvalue weighted by Gasteiger charge is 2.26. The van der Waals surface area contributed by atoms with E-state index in [1.54, 1.807) is 6.92 Å². The average molecular weight is 292 g/mol. The molecule has 0 atom stereocenters. The number of aryl methyl sites for hydroxylation is 1. The maximum atomic E-state index is 12.0. The molecule has 20 heavy (non-hydrogen) atoms. The summed E-state index contributed by atoms with van der Waals surface area (Å²) in [6.45, 7) is 3.62. The van der Waals surface area contributed by atoms with E-state index in [1.807, 2.05) is 6.92 Å². The van der Waals surface area contributed by atoms with Crippen LogP contribution in [0.1, 0.15) is 37.6 Å². The molecule has 8 heteroatoms. The Morgan fingerprint density at radius 3 is 2.55 bits per heavy atom. The maximum absolute atomic E-state index is 12.0. The number of ether oxygens (including phenoxy) is 1. The van der Waals surface area contributed by atoms with Crippen LogP contribution in [0.15, 0.2) is 0 Å². The van der Waals surface area contributed by atoms with E-state index in [4.69, 9.17) is 10.6 Å². The van der Waals surface area contributed by atoms with Gasteiger partial charge in [-0.15, -0.1) is 0 Å². The third kappa shape index (κ3) is 5.20.